The molecule has 0 radical (unpaired) electrons. The SMILES string of the molecule is CSc1ccccc1C(=O)N1CCCC1B1OC2CC3CC(C3(C)C)C2(C)O1. The summed E-state index contributed by atoms with van der Waals surface area (Å²) in [6.07, 6.45) is 6.51. The van der Waals surface area contributed by atoms with Gasteiger partial charge in [-0.25, -0.2) is 0 Å². The number of amides is 1. The van der Waals surface area contributed by atoms with Gasteiger partial charge in [0.15, 0.2) is 0 Å². The molecule has 2 heterocycles. The second-order valence-corrected chi connectivity index (χ2v) is 10.6. The fourth-order valence-corrected chi connectivity index (χ4v) is 6.96. The van der Waals surface area contributed by atoms with E-state index in [1.807, 2.05) is 35.4 Å². The number of carbonyl (C=O) groups excluding carboxylic acids is 1. The lowest BCUT2D eigenvalue weighted by Crippen LogP contribution is -2.65. The van der Waals surface area contributed by atoms with Crippen molar-refractivity contribution in [1.29, 1.82) is 0 Å². The lowest BCUT2D eigenvalue weighted by atomic mass is 9.43. The summed E-state index contributed by atoms with van der Waals surface area (Å²) in [6, 6.07) is 7.91. The van der Waals surface area contributed by atoms with Crippen molar-refractivity contribution in [3.05, 3.63) is 29.8 Å². The molecule has 1 aromatic carbocycles. The Morgan fingerprint density at radius 3 is 2.79 bits per heavy atom. The molecule has 6 rings (SSSR count). The smallest absolute Gasteiger partial charge is 0.404 e. The van der Waals surface area contributed by atoms with Crippen LogP contribution in [0.3, 0.4) is 0 Å². The first-order chi connectivity index (χ1) is 13.4. The van der Waals surface area contributed by atoms with E-state index >= 15 is 0 Å². The van der Waals surface area contributed by atoms with Crippen LogP contribution in [0, 0.1) is 17.3 Å². The zero-order valence-corrected chi connectivity index (χ0v) is 18.1. The Morgan fingerprint density at radius 1 is 1.25 bits per heavy atom. The van der Waals surface area contributed by atoms with Gasteiger partial charge >= 0.3 is 7.12 Å². The number of likely N-dealkylation sites (tertiary alicyclic amines) is 1. The zero-order valence-electron chi connectivity index (χ0n) is 17.3. The molecule has 0 N–H and O–H groups in total. The summed E-state index contributed by atoms with van der Waals surface area (Å²) in [7, 11) is -0.293. The van der Waals surface area contributed by atoms with Crippen LogP contribution in [0.2, 0.25) is 0 Å². The van der Waals surface area contributed by atoms with Crippen LogP contribution in [0.1, 0.15) is 56.8 Å². The Hall–Kier alpha value is -0.975. The van der Waals surface area contributed by atoms with E-state index in [1.54, 1.807) is 11.8 Å². The second-order valence-electron chi connectivity index (χ2n) is 9.75. The summed E-state index contributed by atoms with van der Waals surface area (Å²) in [6.45, 7) is 7.81. The highest BCUT2D eigenvalue weighted by molar-refractivity contribution is 7.98. The highest BCUT2D eigenvalue weighted by Gasteiger charge is 2.69. The number of benzene rings is 1. The fourth-order valence-electron chi connectivity index (χ4n) is 6.37. The Bertz CT molecular complexity index is 802. The summed E-state index contributed by atoms with van der Waals surface area (Å²) in [5, 5.41) is 0. The molecule has 1 amide bonds. The number of rotatable bonds is 3. The molecule has 5 atom stereocenters. The maximum atomic E-state index is 13.4. The van der Waals surface area contributed by atoms with Gasteiger partial charge < -0.3 is 14.2 Å². The van der Waals surface area contributed by atoms with E-state index in [4.69, 9.17) is 9.31 Å². The van der Waals surface area contributed by atoms with E-state index in [1.165, 1.54) is 6.42 Å². The van der Waals surface area contributed by atoms with Crippen molar-refractivity contribution < 1.29 is 14.1 Å². The lowest BCUT2D eigenvalue weighted by Gasteiger charge is -2.64. The zero-order chi connectivity index (χ0) is 19.7. The summed E-state index contributed by atoms with van der Waals surface area (Å²) in [4.78, 5) is 16.4. The number of nitrogens with zero attached hydrogens (tertiary/aromatic N) is 1. The molecular weight excluding hydrogens is 369 g/mol. The van der Waals surface area contributed by atoms with Crippen LogP contribution < -0.4 is 0 Å². The van der Waals surface area contributed by atoms with Crippen molar-refractivity contribution in [2.45, 2.75) is 69.0 Å². The van der Waals surface area contributed by atoms with Gasteiger partial charge in [0.2, 0.25) is 0 Å². The van der Waals surface area contributed by atoms with E-state index in [2.05, 4.69) is 20.8 Å². The molecule has 2 bridgehead atoms. The average molecular weight is 399 g/mol. The van der Waals surface area contributed by atoms with E-state index in [0.29, 0.717) is 11.3 Å². The summed E-state index contributed by atoms with van der Waals surface area (Å²) in [5.74, 6) is 1.43. The highest BCUT2D eigenvalue weighted by atomic mass is 32.2. The molecule has 0 spiro atoms. The van der Waals surface area contributed by atoms with Crippen molar-refractivity contribution in [2.75, 3.05) is 12.8 Å². The molecule has 5 aliphatic rings. The van der Waals surface area contributed by atoms with Crippen LogP contribution in [-0.2, 0) is 9.31 Å². The maximum absolute atomic E-state index is 13.4. The molecule has 5 unspecified atom stereocenters. The molecule has 0 aromatic heterocycles. The molecule has 150 valence electrons. The van der Waals surface area contributed by atoms with Crippen LogP contribution in [0.25, 0.3) is 0 Å². The fraction of sp³-hybridized carbons (Fsp3) is 0.682. The van der Waals surface area contributed by atoms with Crippen molar-refractivity contribution >= 4 is 24.8 Å². The minimum absolute atomic E-state index is 0.0187. The first kappa shape index (κ1) is 19.0. The third kappa shape index (κ3) is 2.57. The standard InChI is InChI=1S/C22H30BNO3S/c1-21(2)14-12-17(21)22(3)18(13-14)26-23(27-22)19-10-7-11-24(19)20(25)15-8-5-6-9-16(15)28-4/h5-6,8-9,14,17-19H,7,10-13H2,1-4H3. The van der Waals surface area contributed by atoms with Gasteiger partial charge in [0.25, 0.3) is 5.91 Å². The van der Waals surface area contributed by atoms with Crippen LogP contribution in [0.15, 0.2) is 29.2 Å². The molecule has 5 fully saturated rings. The highest BCUT2D eigenvalue weighted by Crippen LogP contribution is 2.65. The topological polar surface area (TPSA) is 38.8 Å². The summed E-state index contributed by atoms with van der Waals surface area (Å²) in [5.41, 5.74) is 0.926. The van der Waals surface area contributed by atoms with Gasteiger partial charge in [-0.3, -0.25) is 4.79 Å². The van der Waals surface area contributed by atoms with Gasteiger partial charge in [-0.15, -0.1) is 11.8 Å². The second kappa shape index (κ2) is 6.51. The van der Waals surface area contributed by atoms with Crippen LogP contribution in [-0.4, -0.2) is 48.4 Å². The van der Waals surface area contributed by atoms with Gasteiger partial charge in [-0.05, 0) is 68.2 Å². The number of hydrogen-bond donors (Lipinski definition) is 0. The molecule has 4 nitrogen and oxygen atoms in total. The Labute approximate surface area is 172 Å². The molecule has 2 aliphatic heterocycles. The average Bonchev–Trinajstić information content (AvgIpc) is 3.30. The third-order valence-corrected chi connectivity index (χ3v) is 8.98. The van der Waals surface area contributed by atoms with Gasteiger partial charge in [0, 0.05) is 11.4 Å². The molecule has 3 aliphatic carbocycles. The molecule has 28 heavy (non-hydrogen) atoms. The first-order valence-electron chi connectivity index (χ1n) is 10.6. The van der Waals surface area contributed by atoms with Gasteiger partial charge in [-0.1, -0.05) is 26.0 Å². The van der Waals surface area contributed by atoms with Crippen LogP contribution >= 0.6 is 11.8 Å². The number of hydrogen-bond acceptors (Lipinski definition) is 4. The monoisotopic (exact) mass is 399 g/mol. The van der Waals surface area contributed by atoms with E-state index in [-0.39, 0.29) is 30.7 Å². The van der Waals surface area contributed by atoms with Crippen molar-refractivity contribution in [2.24, 2.45) is 17.3 Å². The summed E-state index contributed by atoms with van der Waals surface area (Å²) < 4.78 is 13.2. The molecule has 3 saturated carbocycles. The Balaban J connectivity index is 1.38. The molecular formula is C22H30BNO3S. The third-order valence-electron chi connectivity index (χ3n) is 8.18. The number of thioether (sulfide) groups is 1. The van der Waals surface area contributed by atoms with Crippen LogP contribution in [0.5, 0.6) is 0 Å². The maximum Gasteiger partial charge on any atom is 0.481 e. The predicted octanol–water partition coefficient (Wildman–Crippen LogP) is 4.28. The first-order valence-corrected chi connectivity index (χ1v) is 11.9. The number of carbonyl (C=O) groups is 1. The van der Waals surface area contributed by atoms with E-state index < -0.39 is 0 Å². The largest absolute Gasteiger partial charge is 0.481 e. The Kier molecular flexibility index (Phi) is 4.42. The van der Waals surface area contributed by atoms with Crippen LogP contribution in [0.4, 0.5) is 0 Å². The summed E-state index contributed by atoms with van der Waals surface area (Å²) >= 11 is 1.63. The molecule has 2 saturated heterocycles. The molecule has 1 aromatic rings. The lowest BCUT2D eigenvalue weighted by molar-refractivity contribution is -0.199. The van der Waals surface area contributed by atoms with Gasteiger partial charge in [-0.2, -0.15) is 0 Å². The minimum Gasteiger partial charge on any atom is -0.404 e. The minimum atomic E-state index is -0.293. The van der Waals surface area contributed by atoms with Crippen molar-refractivity contribution in [3.8, 4) is 0 Å². The quantitative estimate of drug-likeness (QED) is 0.562. The predicted molar refractivity (Wildman–Crippen MR) is 112 cm³/mol. The van der Waals surface area contributed by atoms with Gasteiger partial charge in [0.05, 0.1) is 23.2 Å². The van der Waals surface area contributed by atoms with Crippen molar-refractivity contribution in [3.63, 3.8) is 0 Å². The van der Waals surface area contributed by atoms with E-state index in [9.17, 15) is 4.79 Å². The normalized spacial score (nSPS) is 38.3. The van der Waals surface area contributed by atoms with Gasteiger partial charge in [0.1, 0.15) is 0 Å². The Morgan fingerprint density at radius 2 is 2.04 bits per heavy atom. The van der Waals surface area contributed by atoms with E-state index in [0.717, 1.165) is 42.2 Å². The molecule has 6 heteroatoms. The van der Waals surface area contributed by atoms with Crippen molar-refractivity contribution in [1.82, 2.24) is 4.90 Å².